The molecule has 0 aliphatic rings. The van der Waals surface area contributed by atoms with Crippen molar-refractivity contribution >= 4 is 17.3 Å². The van der Waals surface area contributed by atoms with Crippen molar-refractivity contribution < 1.29 is 0 Å². The summed E-state index contributed by atoms with van der Waals surface area (Å²) in [5, 5.41) is 10.0. The van der Waals surface area contributed by atoms with Crippen LogP contribution in [-0.2, 0) is 11.8 Å². The average Bonchev–Trinajstić information content (AvgIpc) is 2.96. The molecule has 0 unspecified atom stereocenters. The molecule has 5 heteroatoms. The summed E-state index contributed by atoms with van der Waals surface area (Å²) >= 11 is 1.70. The van der Waals surface area contributed by atoms with Gasteiger partial charge >= 0.3 is 0 Å². The zero-order valence-electron chi connectivity index (χ0n) is 15.3. The summed E-state index contributed by atoms with van der Waals surface area (Å²) in [6.07, 6.45) is 0.909. The van der Waals surface area contributed by atoms with Gasteiger partial charge in [0.1, 0.15) is 0 Å². The molecule has 0 aliphatic carbocycles. The van der Waals surface area contributed by atoms with Crippen LogP contribution < -0.4 is 10.6 Å². The van der Waals surface area contributed by atoms with E-state index in [2.05, 4.69) is 71.0 Å². The van der Waals surface area contributed by atoms with E-state index in [9.17, 15) is 0 Å². The maximum atomic E-state index is 4.48. The maximum Gasteiger partial charge on any atom is 0.191 e. The monoisotopic (exact) mass is 344 g/mol. The number of benzene rings is 1. The fourth-order valence-electron chi connectivity index (χ4n) is 2.53. The Morgan fingerprint density at radius 3 is 2.67 bits per heavy atom. The van der Waals surface area contributed by atoms with Crippen molar-refractivity contribution in [3.8, 4) is 0 Å². The van der Waals surface area contributed by atoms with Crippen molar-refractivity contribution in [2.45, 2.75) is 39.5 Å². The Morgan fingerprint density at radius 2 is 2.04 bits per heavy atom. The second-order valence-electron chi connectivity index (χ2n) is 6.71. The first-order valence-electron chi connectivity index (χ1n) is 8.33. The highest BCUT2D eigenvalue weighted by Gasteiger charge is 2.20. The molecule has 24 heavy (non-hydrogen) atoms. The van der Waals surface area contributed by atoms with Crippen LogP contribution in [0, 0.1) is 13.8 Å². The molecular weight excluding hydrogens is 316 g/mol. The van der Waals surface area contributed by atoms with Crippen LogP contribution in [0.3, 0.4) is 0 Å². The van der Waals surface area contributed by atoms with Crippen LogP contribution in [-0.4, -0.2) is 31.1 Å². The predicted molar refractivity (Wildman–Crippen MR) is 104 cm³/mol. The van der Waals surface area contributed by atoms with Gasteiger partial charge in [0.05, 0.1) is 10.7 Å². The highest BCUT2D eigenvalue weighted by atomic mass is 32.1. The molecular formula is C19H28N4S. The zero-order valence-corrected chi connectivity index (χ0v) is 16.1. The molecule has 0 atom stereocenters. The summed E-state index contributed by atoms with van der Waals surface area (Å²) in [7, 11) is 1.81. The summed E-state index contributed by atoms with van der Waals surface area (Å²) < 4.78 is 0. The van der Waals surface area contributed by atoms with Crippen molar-refractivity contribution in [2.24, 2.45) is 4.99 Å². The van der Waals surface area contributed by atoms with E-state index in [0.717, 1.165) is 36.2 Å². The molecule has 0 saturated heterocycles. The van der Waals surface area contributed by atoms with Crippen molar-refractivity contribution in [3.63, 3.8) is 0 Å². The molecule has 4 nitrogen and oxygen atoms in total. The normalized spacial score (nSPS) is 12.3. The van der Waals surface area contributed by atoms with E-state index < -0.39 is 0 Å². The smallest absolute Gasteiger partial charge is 0.191 e. The molecule has 1 aromatic carbocycles. The van der Waals surface area contributed by atoms with Gasteiger partial charge in [-0.05, 0) is 19.4 Å². The van der Waals surface area contributed by atoms with Gasteiger partial charge in [0.25, 0.3) is 0 Å². The Bertz CT molecular complexity index is 688. The van der Waals surface area contributed by atoms with Crippen LogP contribution in [0.15, 0.2) is 34.6 Å². The van der Waals surface area contributed by atoms with E-state index in [4.69, 9.17) is 0 Å². The minimum absolute atomic E-state index is 0.0374. The molecule has 0 radical (unpaired) electrons. The number of guanidine groups is 1. The standard InChI is InChI=1S/C19H28N4S/c1-14-7-6-8-16(11-14)19(3,4)13-22-18(20-5)21-10-9-17-12-24-15(2)23-17/h6-8,11-12H,9-10,13H2,1-5H3,(H2,20,21,22). The lowest BCUT2D eigenvalue weighted by Gasteiger charge is -2.27. The van der Waals surface area contributed by atoms with Crippen molar-refractivity contribution in [1.82, 2.24) is 15.6 Å². The second-order valence-corrected chi connectivity index (χ2v) is 7.78. The SMILES string of the molecule is CN=C(NCCc1csc(C)n1)NCC(C)(C)c1cccc(C)c1. The van der Waals surface area contributed by atoms with Crippen LogP contribution >= 0.6 is 11.3 Å². The minimum Gasteiger partial charge on any atom is -0.356 e. The van der Waals surface area contributed by atoms with Crippen molar-refractivity contribution in [1.29, 1.82) is 0 Å². The van der Waals surface area contributed by atoms with E-state index >= 15 is 0 Å². The number of aryl methyl sites for hydroxylation is 2. The highest BCUT2D eigenvalue weighted by molar-refractivity contribution is 7.09. The van der Waals surface area contributed by atoms with Crippen LogP contribution in [0.1, 0.15) is 35.7 Å². The molecule has 2 N–H and O–H groups in total. The molecule has 0 amide bonds. The Labute approximate surface area is 149 Å². The Hall–Kier alpha value is -1.88. The molecule has 1 aromatic heterocycles. The van der Waals surface area contributed by atoms with Gasteiger partial charge < -0.3 is 10.6 Å². The second kappa shape index (κ2) is 8.29. The number of hydrogen-bond acceptors (Lipinski definition) is 3. The molecule has 1 heterocycles. The summed E-state index contributed by atoms with van der Waals surface area (Å²) in [4.78, 5) is 8.80. The molecule has 0 aliphatic heterocycles. The number of aliphatic imine (C=N–C) groups is 1. The third-order valence-corrected chi connectivity index (χ3v) is 4.88. The molecule has 0 fully saturated rings. The van der Waals surface area contributed by atoms with Crippen LogP contribution in [0.25, 0.3) is 0 Å². The lowest BCUT2D eigenvalue weighted by atomic mass is 9.84. The van der Waals surface area contributed by atoms with Crippen molar-refractivity contribution in [3.05, 3.63) is 51.5 Å². The number of nitrogens with one attached hydrogen (secondary N) is 2. The largest absolute Gasteiger partial charge is 0.356 e. The minimum atomic E-state index is 0.0374. The van der Waals surface area contributed by atoms with E-state index in [0.29, 0.717) is 0 Å². The highest BCUT2D eigenvalue weighted by Crippen LogP contribution is 2.22. The van der Waals surface area contributed by atoms with Crippen LogP contribution in [0.5, 0.6) is 0 Å². The van der Waals surface area contributed by atoms with E-state index in [-0.39, 0.29) is 5.41 Å². The first-order chi connectivity index (χ1) is 11.4. The van der Waals surface area contributed by atoms with Gasteiger partial charge in [0.2, 0.25) is 0 Å². The Kier molecular flexibility index (Phi) is 6.37. The summed E-state index contributed by atoms with van der Waals surface area (Å²) in [6, 6.07) is 8.70. The quantitative estimate of drug-likeness (QED) is 0.623. The molecule has 0 spiro atoms. The lowest BCUT2D eigenvalue weighted by molar-refractivity contribution is 0.508. The number of aromatic nitrogens is 1. The summed E-state index contributed by atoms with van der Waals surface area (Å²) in [6.45, 7) is 10.3. The number of nitrogens with zero attached hydrogens (tertiary/aromatic N) is 2. The Balaban J connectivity index is 1.84. The fourth-order valence-corrected chi connectivity index (χ4v) is 3.17. The van der Waals surface area contributed by atoms with Gasteiger partial charge in [-0.2, -0.15) is 0 Å². The van der Waals surface area contributed by atoms with Gasteiger partial charge in [0, 0.05) is 37.4 Å². The van der Waals surface area contributed by atoms with E-state index in [1.807, 2.05) is 14.0 Å². The fraction of sp³-hybridized carbons (Fsp3) is 0.474. The third-order valence-electron chi connectivity index (χ3n) is 4.06. The average molecular weight is 345 g/mol. The summed E-state index contributed by atoms with van der Waals surface area (Å²) in [5.41, 5.74) is 3.81. The first-order valence-corrected chi connectivity index (χ1v) is 9.21. The number of rotatable bonds is 6. The van der Waals surface area contributed by atoms with Crippen molar-refractivity contribution in [2.75, 3.05) is 20.1 Å². The van der Waals surface area contributed by atoms with Gasteiger partial charge in [-0.15, -0.1) is 11.3 Å². The Morgan fingerprint density at radius 1 is 1.25 bits per heavy atom. The number of thiazole rings is 1. The van der Waals surface area contributed by atoms with E-state index in [1.165, 1.54) is 11.1 Å². The molecule has 0 saturated carbocycles. The predicted octanol–water partition coefficient (Wildman–Crippen LogP) is 3.45. The van der Waals surface area contributed by atoms with Gasteiger partial charge in [-0.3, -0.25) is 4.99 Å². The maximum absolute atomic E-state index is 4.48. The summed E-state index contributed by atoms with van der Waals surface area (Å²) in [5.74, 6) is 0.836. The molecule has 2 aromatic rings. The lowest BCUT2D eigenvalue weighted by Crippen LogP contribution is -2.44. The van der Waals surface area contributed by atoms with Crippen LogP contribution in [0.4, 0.5) is 0 Å². The first kappa shape index (κ1) is 18.5. The molecule has 2 rings (SSSR count). The van der Waals surface area contributed by atoms with Gasteiger partial charge in [-0.25, -0.2) is 4.98 Å². The topological polar surface area (TPSA) is 49.3 Å². The molecule has 0 bridgehead atoms. The van der Waals surface area contributed by atoms with E-state index in [1.54, 1.807) is 11.3 Å². The zero-order chi connectivity index (χ0) is 17.6. The van der Waals surface area contributed by atoms with Crippen LogP contribution in [0.2, 0.25) is 0 Å². The number of hydrogen-bond donors (Lipinski definition) is 2. The van der Waals surface area contributed by atoms with Gasteiger partial charge in [-0.1, -0.05) is 43.7 Å². The van der Waals surface area contributed by atoms with Gasteiger partial charge in [0.15, 0.2) is 5.96 Å². The molecule has 130 valence electrons. The third kappa shape index (κ3) is 5.34.